The Kier molecular flexibility index (Phi) is 6.78. The third kappa shape index (κ3) is 5.37. The molecule has 26 heavy (non-hydrogen) atoms. The third-order valence-electron chi connectivity index (χ3n) is 5.29. The molecule has 0 spiro atoms. The van der Waals surface area contributed by atoms with Crippen LogP contribution in [0.1, 0.15) is 44.9 Å². The molecule has 1 saturated heterocycles. The molecule has 0 radical (unpaired) electrons. The van der Waals surface area contributed by atoms with Crippen molar-refractivity contribution in [2.24, 2.45) is 5.92 Å². The molecule has 1 aliphatic carbocycles. The summed E-state index contributed by atoms with van der Waals surface area (Å²) < 4.78 is 5.47. The third-order valence-corrected chi connectivity index (χ3v) is 5.53. The van der Waals surface area contributed by atoms with E-state index >= 15 is 0 Å². The van der Waals surface area contributed by atoms with Crippen molar-refractivity contribution in [1.82, 2.24) is 10.2 Å². The molecular formula is C20H27ClN2O3. The van der Waals surface area contributed by atoms with Crippen molar-refractivity contribution >= 4 is 23.4 Å². The van der Waals surface area contributed by atoms with Gasteiger partial charge in [-0.05, 0) is 43.9 Å². The molecule has 2 amide bonds. The molecule has 6 heteroatoms. The summed E-state index contributed by atoms with van der Waals surface area (Å²) in [6.45, 7) is 1.44. The lowest BCUT2D eigenvalue weighted by molar-refractivity contribution is -0.137. The van der Waals surface area contributed by atoms with Gasteiger partial charge < -0.3 is 15.0 Å². The van der Waals surface area contributed by atoms with Crippen LogP contribution in [0, 0.1) is 5.92 Å². The molecular weight excluding hydrogens is 352 g/mol. The minimum Gasteiger partial charge on any atom is -0.484 e. The number of hydrogen-bond donors (Lipinski definition) is 1. The molecule has 2 aliphatic rings. The van der Waals surface area contributed by atoms with Crippen molar-refractivity contribution in [2.75, 3.05) is 19.7 Å². The van der Waals surface area contributed by atoms with Crippen LogP contribution in [0.5, 0.6) is 5.75 Å². The van der Waals surface area contributed by atoms with E-state index in [4.69, 9.17) is 16.3 Å². The number of halogens is 1. The zero-order valence-electron chi connectivity index (χ0n) is 15.1. The zero-order chi connectivity index (χ0) is 18.4. The topological polar surface area (TPSA) is 58.6 Å². The Hall–Kier alpha value is -1.75. The van der Waals surface area contributed by atoms with Gasteiger partial charge in [-0.1, -0.05) is 36.9 Å². The average molecular weight is 379 g/mol. The zero-order valence-corrected chi connectivity index (χ0v) is 15.8. The van der Waals surface area contributed by atoms with Gasteiger partial charge in [0, 0.05) is 30.1 Å². The van der Waals surface area contributed by atoms with E-state index in [0.717, 1.165) is 38.8 Å². The van der Waals surface area contributed by atoms with Gasteiger partial charge in [0.2, 0.25) is 5.91 Å². The lowest BCUT2D eigenvalue weighted by Gasteiger charge is -2.35. The second-order valence-electron chi connectivity index (χ2n) is 7.25. The Morgan fingerprint density at radius 2 is 1.85 bits per heavy atom. The molecule has 1 N–H and O–H groups in total. The highest BCUT2D eigenvalue weighted by Crippen LogP contribution is 2.26. The standard InChI is InChI=1S/C20H27ClN2O3/c21-16-7-4-8-18(13-16)26-14-19(24)22-17-9-11-23(12-10-17)20(25)15-5-2-1-3-6-15/h4,7-8,13,15,17H,1-3,5-6,9-12,14H2,(H,22,24). The molecule has 3 rings (SSSR count). The monoisotopic (exact) mass is 378 g/mol. The SMILES string of the molecule is O=C(COc1cccc(Cl)c1)NC1CCN(C(=O)C2CCCCC2)CC1. The van der Waals surface area contributed by atoms with E-state index in [9.17, 15) is 9.59 Å². The molecule has 1 saturated carbocycles. The Bertz CT molecular complexity index is 623. The Morgan fingerprint density at radius 1 is 1.12 bits per heavy atom. The maximum Gasteiger partial charge on any atom is 0.258 e. The normalized spacial score (nSPS) is 19.2. The van der Waals surface area contributed by atoms with E-state index in [0.29, 0.717) is 16.7 Å². The molecule has 142 valence electrons. The molecule has 0 bridgehead atoms. The first-order chi connectivity index (χ1) is 12.6. The fourth-order valence-electron chi connectivity index (χ4n) is 3.83. The van der Waals surface area contributed by atoms with Gasteiger partial charge in [0.1, 0.15) is 5.75 Å². The van der Waals surface area contributed by atoms with E-state index in [1.807, 2.05) is 4.90 Å². The molecule has 5 nitrogen and oxygen atoms in total. The average Bonchev–Trinajstić information content (AvgIpc) is 2.67. The van der Waals surface area contributed by atoms with E-state index in [1.54, 1.807) is 24.3 Å². The Balaban J connectivity index is 1.38. The van der Waals surface area contributed by atoms with E-state index in [2.05, 4.69) is 5.32 Å². The highest BCUT2D eigenvalue weighted by molar-refractivity contribution is 6.30. The van der Waals surface area contributed by atoms with E-state index in [-0.39, 0.29) is 24.5 Å². The number of likely N-dealkylation sites (tertiary alicyclic amines) is 1. The first kappa shape index (κ1) is 19.0. The quantitative estimate of drug-likeness (QED) is 0.854. The second-order valence-corrected chi connectivity index (χ2v) is 7.68. The van der Waals surface area contributed by atoms with Crippen LogP contribution in [-0.4, -0.2) is 42.5 Å². The smallest absolute Gasteiger partial charge is 0.258 e. The van der Waals surface area contributed by atoms with Gasteiger partial charge >= 0.3 is 0 Å². The van der Waals surface area contributed by atoms with Crippen molar-refractivity contribution in [3.63, 3.8) is 0 Å². The fraction of sp³-hybridized carbons (Fsp3) is 0.600. The second kappa shape index (κ2) is 9.26. The number of nitrogens with one attached hydrogen (secondary N) is 1. The Labute approximate surface area is 160 Å². The van der Waals surface area contributed by atoms with Crippen LogP contribution < -0.4 is 10.1 Å². The maximum absolute atomic E-state index is 12.6. The molecule has 1 aromatic carbocycles. The number of hydrogen-bond acceptors (Lipinski definition) is 3. The highest BCUT2D eigenvalue weighted by atomic mass is 35.5. The number of benzene rings is 1. The Morgan fingerprint density at radius 3 is 2.54 bits per heavy atom. The molecule has 0 aromatic heterocycles. The summed E-state index contributed by atoms with van der Waals surface area (Å²) in [5, 5.41) is 3.59. The number of rotatable bonds is 5. The van der Waals surface area contributed by atoms with Crippen molar-refractivity contribution in [1.29, 1.82) is 0 Å². The number of ether oxygens (including phenoxy) is 1. The van der Waals surface area contributed by atoms with E-state index in [1.165, 1.54) is 19.3 Å². The van der Waals surface area contributed by atoms with Crippen LogP contribution in [0.4, 0.5) is 0 Å². The van der Waals surface area contributed by atoms with Gasteiger partial charge in [0.25, 0.3) is 5.91 Å². The number of carbonyl (C=O) groups excluding carboxylic acids is 2. The summed E-state index contributed by atoms with van der Waals surface area (Å²) in [6, 6.07) is 7.12. The summed E-state index contributed by atoms with van der Waals surface area (Å²) in [5.41, 5.74) is 0. The van der Waals surface area contributed by atoms with Gasteiger partial charge in [-0.25, -0.2) is 0 Å². The first-order valence-corrected chi connectivity index (χ1v) is 9.96. The van der Waals surface area contributed by atoms with Crippen LogP contribution in [0.15, 0.2) is 24.3 Å². The number of nitrogens with zero attached hydrogens (tertiary/aromatic N) is 1. The highest BCUT2D eigenvalue weighted by Gasteiger charge is 2.29. The van der Waals surface area contributed by atoms with Gasteiger partial charge in [-0.3, -0.25) is 9.59 Å². The van der Waals surface area contributed by atoms with Crippen LogP contribution in [-0.2, 0) is 9.59 Å². The minimum atomic E-state index is -0.137. The number of carbonyl (C=O) groups is 2. The van der Waals surface area contributed by atoms with Crippen LogP contribution in [0.2, 0.25) is 5.02 Å². The van der Waals surface area contributed by atoms with Gasteiger partial charge in [-0.2, -0.15) is 0 Å². The van der Waals surface area contributed by atoms with Crippen LogP contribution in [0.25, 0.3) is 0 Å². The predicted molar refractivity (Wildman–Crippen MR) is 101 cm³/mol. The largest absolute Gasteiger partial charge is 0.484 e. The summed E-state index contributed by atoms with van der Waals surface area (Å²) >= 11 is 5.90. The summed E-state index contributed by atoms with van der Waals surface area (Å²) in [6.07, 6.45) is 7.30. The minimum absolute atomic E-state index is 0.0262. The lowest BCUT2D eigenvalue weighted by Crippen LogP contribution is -2.49. The summed E-state index contributed by atoms with van der Waals surface area (Å²) in [4.78, 5) is 26.6. The first-order valence-electron chi connectivity index (χ1n) is 9.58. The number of piperidine rings is 1. The van der Waals surface area contributed by atoms with Crippen molar-refractivity contribution in [3.8, 4) is 5.75 Å². The number of amides is 2. The van der Waals surface area contributed by atoms with Crippen molar-refractivity contribution < 1.29 is 14.3 Å². The van der Waals surface area contributed by atoms with Gasteiger partial charge in [-0.15, -0.1) is 0 Å². The van der Waals surface area contributed by atoms with Crippen LogP contribution >= 0.6 is 11.6 Å². The lowest BCUT2D eigenvalue weighted by atomic mass is 9.87. The van der Waals surface area contributed by atoms with Gasteiger partial charge in [0.05, 0.1) is 0 Å². The predicted octanol–water partition coefficient (Wildman–Crippen LogP) is 3.41. The summed E-state index contributed by atoms with van der Waals surface area (Å²) in [5.74, 6) is 0.988. The summed E-state index contributed by atoms with van der Waals surface area (Å²) in [7, 11) is 0. The molecule has 1 aromatic rings. The van der Waals surface area contributed by atoms with Crippen molar-refractivity contribution in [3.05, 3.63) is 29.3 Å². The molecule has 2 fully saturated rings. The maximum atomic E-state index is 12.6. The molecule has 1 heterocycles. The van der Waals surface area contributed by atoms with E-state index < -0.39 is 0 Å². The molecule has 1 aliphatic heterocycles. The van der Waals surface area contributed by atoms with Gasteiger partial charge in [0.15, 0.2) is 6.61 Å². The molecule has 0 atom stereocenters. The molecule has 0 unspecified atom stereocenters. The van der Waals surface area contributed by atoms with Crippen LogP contribution in [0.3, 0.4) is 0 Å². The van der Waals surface area contributed by atoms with Crippen molar-refractivity contribution in [2.45, 2.75) is 51.0 Å². The fourth-order valence-corrected chi connectivity index (χ4v) is 4.01.